The molecule has 0 spiro atoms. The predicted molar refractivity (Wildman–Crippen MR) is 105 cm³/mol. The standard InChI is InChI=1S/C20H24N2O4S/c1-10-5-6-12-15(7-10)27-20-16(12)19(23)21-18(22-20)11-8-13(24-2)17(26-4)14(9-11)25-3/h8-10,18,22H,5-7H2,1-4H3,(H,21,23)/t10-,18+/m0/s1. The molecule has 0 saturated carbocycles. The number of benzene rings is 1. The highest BCUT2D eigenvalue weighted by Gasteiger charge is 2.33. The average Bonchev–Trinajstić information content (AvgIpc) is 3.04. The SMILES string of the molecule is COc1cc([C@@H]2NC(=O)c3c(sc4c3CC[C@H](C)C4)N2)cc(OC)c1OC. The first-order chi connectivity index (χ1) is 13.0. The number of amides is 1. The van der Waals surface area contributed by atoms with Crippen LogP contribution in [0, 0.1) is 5.92 Å². The van der Waals surface area contributed by atoms with Crippen molar-refractivity contribution in [2.75, 3.05) is 26.6 Å². The Morgan fingerprint density at radius 2 is 1.78 bits per heavy atom. The molecule has 1 aromatic carbocycles. The zero-order valence-electron chi connectivity index (χ0n) is 16.0. The molecular weight excluding hydrogens is 364 g/mol. The second-order valence-corrected chi connectivity index (χ2v) is 8.17. The van der Waals surface area contributed by atoms with Gasteiger partial charge in [0.2, 0.25) is 5.75 Å². The molecule has 1 amide bonds. The number of ether oxygens (including phenoxy) is 3. The molecule has 0 fully saturated rings. The summed E-state index contributed by atoms with van der Waals surface area (Å²) in [4.78, 5) is 14.2. The number of carbonyl (C=O) groups is 1. The number of carbonyl (C=O) groups excluding carboxylic acids is 1. The van der Waals surface area contributed by atoms with Crippen molar-refractivity contribution in [2.45, 2.75) is 32.4 Å². The normalized spacial score (nSPS) is 20.8. The fourth-order valence-corrected chi connectivity index (χ4v) is 5.33. The van der Waals surface area contributed by atoms with E-state index >= 15 is 0 Å². The topological polar surface area (TPSA) is 68.8 Å². The number of nitrogens with one attached hydrogen (secondary N) is 2. The highest BCUT2D eigenvalue weighted by Crippen LogP contribution is 2.44. The number of methoxy groups -OCH3 is 3. The van der Waals surface area contributed by atoms with Gasteiger partial charge in [-0.2, -0.15) is 0 Å². The zero-order valence-corrected chi connectivity index (χ0v) is 16.8. The molecule has 2 N–H and O–H groups in total. The first kappa shape index (κ1) is 18.0. The molecule has 2 aromatic rings. The van der Waals surface area contributed by atoms with Crippen molar-refractivity contribution < 1.29 is 19.0 Å². The summed E-state index contributed by atoms with van der Waals surface area (Å²) >= 11 is 1.71. The molecule has 6 nitrogen and oxygen atoms in total. The van der Waals surface area contributed by atoms with E-state index in [1.54, 1.807) is 32.7 Å². The third-order valence-corrected chi connectivity index (χ3v) is 6.50. The molecule has 4 rings (SSSR count). The highest BCUT2D eigenvalue weighted by atomic mass is 32.1. The Labute approximate surface area is 162 Å². The van der Waals surface area contributed by atoms with Gasteiger partial charge in [-0.3, -0.25) is 4.79 Å². The molecule has 2 aliphatic rings. The molecule has 0 unspecified atom stereocenters. The van der Waals surface area contributed by atoms with E-state index in [1.165, 1.54) is 10.4 Å². The van der Waals surface area contributed by atoms with E-state index in [0.29, 0.717) is 23.2 Å². The molecule has 1 aliphatic heterocycles. The Morgan fingerprint density at radius 3 is 2.41 bits per heavy atom. The molecule has 2 heterocycles. The van der Waals surface area contributed by atoms with Crippen LogP contribution in [0.2, 0.25) is 0 Å². The Kier molecular flexibility index (Phi) is 4.63. The maximum atomic E-state index is 12.9. The average molecular weight is 388 g/mol. The van der Waals surface area contributed by atoms with E-state index in [9.17, 15) is 4.79 Å². The molecular formula is C20H24N2O4S. The Hall–Kier alpha value is -2.41. The molecule has 0 saturated heterocycles. The molecule has 0 radical (unpaired) electrons. The largest absolute Gasteiger partial charge is 0.493 e. The quantitative estimate of drug-likeness (QED) is 0.835. The Balaban J connectivity index is 1.71. The van der Waals surface area contributed by atoms with Crippen molar-refractivity contribution in [3.05, 3.63) is 33.7 Å². The van der Waals surface area contributed by atoms with E-state index < -0.39 is 0 Å². The van der Waals surface area contributed by atoms with Gasteiger partial charge < -0.3 is 24.8 Å². The maximum Gasteiger partial charge on any atom is 0.256 e. The monoisotopic (exact) mass is 388 g/mol. The molecule has 2 atom stereocenters. The molecule has 1 aromatic heterocycles. The van der Waals surface area contributed by atoms with Gasteiger partial charge >= 0.3 is 0 Å². The first-order valence-electron chi connectivity index (χ1n) is 9.07. The van der Waals surface area contributed by atoms with Gasteiger partial charge in [-0.25, -0.2) is 0 Å². The Bertz CT molecular complexity index is 867. The lowest BCUT2D eigenvalue weighted by Gasteiger charge is -2.28. The summed E-state index contributed by atoms with van der Waals surface area (Å²) in [6, 6.07) is 3.72. The van der Waals surface area contributed by atoms with Crippen molar-refractivity contribution in [2.24, 2.45) is 5.92 Å². The third kappa shape index (κ3) is 3.00. The molecule has 7 heteroatoms. The smallest absolute Gasteiger partial charge is 0.256 e. The fourth-order valence-electron chi connectivity index (χ4n) is 3.90. The van der Waals surface area contributed by atoms with Gasteiger partial charge in [0.25, 0.3) is 5.91 Å². The van der Waals surface area contributed by atoms with E-state index in [1.807, 2.05) is 12.1 Å². The summed E-state index contributed by atoms with van der Waals surface area (Å²) in [6.07, 6.45) is 2.82. The maximum absolute atomic E-state index is 12.9. The van der Waals surface area contributed by atoms with Crippen LogP contribution < -0.4 is 24.8 Å². The minimum Gasteiger partial charge on any atom is -0.493 e. The summed E-state index contributed by atoms with van der Waals surface area (Å²) in [5.41, 5.74) is 2.90. The molecule has 0 bridgehead atoms. The Morgan fingerprint density at radius 1 is 1.07 bits per heavy atom. The lowest BCUT2D eigenvalue weighted by atomic mass is 9.88. The third-order valence-electron chi connectivity index (χ3n) is 5.31. The van der Waals surface area contributed by atoms with E-state index in [0.717, 1.165) is 35.4 Å². The van der Waals surface area contributed by atoms with Crippen molar-refractivity contribution in [1.29, 1.82) is 0 Å². The van der Waals surface area contributed by atoms with Gasteiger partial charge in [0.15, 0.2) is 11.5 Å². The molecule has 144 valence electrons. The highest BCUT2D eigenvalue weighted by molar-refractivity contribution is 7.16. The van der Waals surface area contributed by atoms with Gasteiger partial charge in [-0.05, 0) is 42.9 Å². The number of hydrogen-bond acceptors (Lipinski definition) is 6. The van der Waals surface area contributed by atoms with Crippen LogP contribution >= 0.6 is 11.3 Å². The fraction of sp³-hybridized carbons (Fsp3) is 0.450. The lowest BCUT2D eigenvalue weighted by molar-refractivity contribution is 0.0935. The van der Waals surface area contributed by atoms with E-state index in [2.05, 4.69) is 17.6 Å². The summed E-state index contributed by atoms with van der Waals surface area (Å²) in [5, 5.41) is 7.53. The summed E-state index contributed by atoms with van der Waals surface area (Å²) in [7, 11) is 4.74. The van der Waals surface area contributed by atoms with Crippen LogP contribution in [-0.2, 0) is 12.8 Å². The summed E-state index contributed by atoms with van der Waals surface area (Å²) in [5.74, 6) is 2.31. The van der Waals surface area contributed by atoms with Crippen LogP contribution in [0.15, 0.2) is 12.1 Å². The molecule has 1 aliphatic carbocycles. The number of rotatable bonds is 4. The van der Waals surface area contributed by atoms with Gasteiger partial charge in [0.05, 0.1) is 26.9 Å². The van der Waals surface area contributed by atoms with Gasteiger partial charge in [-0.1, -0.05) is 6.92 Å². The van der Waals surface area contributed by atoms with Crippen LogP contribution in [0.3, 0.4) is 0 Å². The predicted octanol–water partition coefficient (Wildman–Crippen LogP) is 3.75. The van der Waals surface area contributed by atoms with Crippen molar-refractivity contribution >= 4 is 22.2 Å². The summed E-state index contributed by atoms with van der Waals surface area (Å²) < 4.78 is 16.3. The van der Waals surface area contributed by atoms with Gasteiger partial charge in [-0.15, -0.1) is 11.3 Å². The van der Waals surface area contributed by atoms with Crippen LogP contribution in [0.4, 0.5) is 5.00 Å². The van der Waals surface area contributed by atoms with Crippen LogP contribution in [-0.4, -0.2) is 27.2 Å². The van der Waals surface area contributed by atoms with E-state index in [-0.39, 0.29) is 12.1 Å². The zero-order chi connectivity index (χ0) is 19.1. The number of fused-ring (bicyclic) bond motifs is 3. The second-order valence-electron chi connectivity index (χ2n) is 7.07. The lowest BCUT2D eigenvalue weighted by Crippen LogP contribution is -2.38. The van der Waals surface area contributed by atoms with E-state index in [4.69, 9.17) is 14.2 Å². The molecule has 27 heavy (non-hydrogen) atoms. The number of hydrogen-bond donors (Lipinski definition) is 2. The van der Waals surface area contributed by atoms with Crippen LogP contribution in [0.1, 0.15) is 45.9 Å². The summed E-state index contributed by atoms with van der Waals surface area (Å²) in [6.45, 7) is 2.27. The van der Waals surface area contributed by atoms with Gasteiger partial charge in [0, 0.05) is 10.4 Å². The van der Waals surface area contributed by atoms with Crippen LogP contribution in [0.25, 0.3) is 0 Å². The minimum absolute atomic E-state index is 0.0189. The van der Waals surface area contributed by atoms with Crippen molar-refractivity contribution in [1.82, 2.24) is 5.32 Å². The van der Waals surface area contributed by atoms with Gasteiger partial charge in [0.1, 0.15) is 11.2 Å². The first-order valence-corrected chi connectivity index (χ1v) is 9.89. The number of thiophene rings is 1. The van der Waals surface area contributed by atoms with Crippen molar-refractivity contribution in [3.63, 3.8) is 0 Å². The number of anilines is 1. The van der Waals surface area contributed by atoms with Crippen molar-refractivity contribution in [3.8, 4) is 17.2 Å². The second kappa shape index (κ2) is 6.96. The van der Waals surface area contributed by atoms with Crippen LogP contribution in [0.5, 0.6) is 17.2 Å². The minimum atomic E-state index is -0.351.